The monoisotopic (exact) mass is 636 g/mol. The summed E-state index contributed by atoms with van der Waals surface area (Å²) < 4.78 is 46.0. The first-order valence-corrected chi connectivity index (χ1v) is 15.9. The number of fused-ring (bicyclic) bond motifs is 1. The summed E-state index contributed by atoms with van der Waals surface area (Å²) in [6, 6.07) is 27.6. The van der Waals surface area contributed by atoms with E-state index in [2.05, 4.69) is 4.98 Å². The van der Waals surface area contributed by atoms with E-state index in [1.807, 2.05) is 48.5 Å². The van der Waals surface area contributed by atoms with E-state index in [9.17, 15) is 13.2 Å². The van der Waals surface area contributed by atoms with Gasteiger partial charge in [-0.25, -0.2) is 13.4 Å². The van der Waals surface area contributed by atoms with Crippen molar-refractivity contribution in [2.24, 2.45) is 5.10 Å². The third-order valence-electron chi connectivity index (χ3n) is 7.94. The predicted octanol–water partition coefficient (Wildman–Crippen LogP) is 5.83. The zero-order valence-corrected chi connectivity index (χ0v) is 26.3. The Morgan fingerprint density at radius 3 is 2.07 bits per heavy atom. The van der Waals surface area contributed by atoms with Crippen LogP contribution < -0.4 is 18.5 Å². The molecule has 0 N–H and O–H groups in total. The van der Waals surface area contributed by atoms with Crippen LogP contribution in [0.25, 0.3) is 10.8 Å². The van der Waals surface area contributed by atoms with Gasteiger partial charge >= 0.3 is 0 Å². The molecule has 46 heavy (non-hydrogen) atoms. The first-order valence-electron chi connectivity index (χ1n) is 14.5. The van der Waals surface area contributed by atoms with Gasteiger partial charge in [0.2, 0.25) is 0 Å². The Balaban J connectivity index is 1.41. The third-order valence-corrected chi connectivity index (χ3v) is 9.77. The minimum atomic E-state index is -4.25. The van der Waals surface area contributed by atoms with E-state index in [1.165, 1.54) is 18.2 Å². The number of benzene rings is 4. The second-order valence-electron chi connectivity index (χ2n) is 10.6. The van der Waals surface area contributed by atoms with Crippen molar-refractivity contribution in [1.82, 2.24) is 9.99 Å². The molecule has 1 aliphatic rings. The Bertz CT molecular complexity index is 1990. The highest BCUT2D eigenvalue weighted by molar-refractivity contribution is 7.93. The molecular weight excluding hydrogens is 604 g/mol. The summed E-state index contributed by atoms with van der Waals surface area (Å²) in [5.74, 6) is 1.44. The molecule has 6 rings (SSSR count). The van der Waals surface area contributed by atoms with Crippen LogP contribution in [0, 0.1) is 0 Å². The van der Waals surface area contributed by atoms with Gasteiger partial charge in [0, 0.05) is 29.6 Å². The van der Waals surface area contributed by atoms with Gasteiger partial charge in [0.05, 0.1) is 43.7 Å². The number of nitrogens with zero attached hydrogens (tertiary/aromatic N) is 4. The van der Waals surface area contributed by atoms with Gasteiger partial charge in [0.15, 0.2) is 0 Å². The average molecular weight is 637 g/mol. The van der Waals surface area contributed by atoms with Crippen LogP contribution in [-0.4, -0.2) is 57.9 Å². The number of rotatable bonds is 10. The lowest BCUT2D eigenvalue weighted by Crippen LogP contribution is -2.41. The SMILES string of the molecule is COc1ccc(C2=NN(C(=O)CN(c3ccc(OC)cc3)S(=O)(=O)c3cccc4cnccc34)C(c3ccc(OC)cc3)C2)cc1. The maximum atomic E-state index is 14.5. The van der Waals surface area contributed by atoms with Gasteiger partial charge in [-0.15, -0.1) is 0 Å². The summed E-state index contributed by atoms with van der Waals surface area (Å²) in [6.45, 7) is -0.498. The summed E-state index contributed by atoms with van der Waals surface area (Å²) in [4.78, 5) is 18.5. The standard InChI is InChI=1S/C35H32N4O6S/c1-43-28-13-7-24(8-14-28)32-21-33(25-9-15-29(44-2)16-10-25)39(37-32)35(40)23-38(27-11-17-30(45-3)18-12-27)46(41,42)34-6-4-5-26-22-36-20-19-31(26)34/h4-20,22,33H,21,23H2,1-3H3. The highest BCUT2D eigenvalue weighted by Gasteiger charge is 2.37. The summed E-state index contributed by atoms with van der Waals surface area (Å²) in [7, 11) is 0.465. The molecule has 0 radical (unpaired) electrons. The lowest BCUT2D eigenvalue weighted by Gasteiger charge is -2.28. The Morgan fingerprint density at radius 2 is 1.43 bits per heavy atom. The molecule has 0 aliphatic carbocycles. The summed E-state index contributed by atoms with van der Waals surface area (Å²) >= 11 is 0. The number of anilines is 1. The van der Waals surface area contributed by atoms with E-state index in [4.69, 9.17) is 19.3 Å². The second-order valence-corrected chi connectivity index (χ2v) is 12.4. The molecule has 4 aromatic carbocycles. The molecule has 1 unspecified atom stereocenters. The van der Waals surface area contributed by atoms with E-state index in [-0.39, 0.29) is 4.90 Å². The van der Waals surface area contributed by atoms with Crippen molar-refractivity contribution in [1.29, 1.82) is 0 Å². The van der Waals surface area contributed by atoms with Crippen molar-refractivity contribution >= 4 is 38.1 Å². The first kappa shape index (κ1) is 30.6. The zero-order valence-electron chi connectivity index (χ0n) is 25.5. The van der Waals surface area contributed by atoms with Crippen molar-refractivity contribution in [3.63, 3.8) is 0 Å². The van der Waals surface area contributed by atoms with Crippen molar-refractivity contribution in [3.8, 4) is 17.2 Å². The number of carbonyl (C=O) groups excluding carboxylic acids is 1. The molecule has 0 saturated carbocycles. The Labute approximate surface area is 267 Å². The molecule has 1 atom stereocenters. The fraction of sp³-hybridized carbons (Fsp3) is 0.171. The fourth-order valence-corrected chi connectivity index (χ4v) is 7.11. The Morgan fingerprint density at radius 1 is 0.826 bits per heavy atom. The molecule has 0 spiro atoms. The smallest absolute Gasteiger partial charge is 0.265 e. The second kappa shape index (κ2) is 12.9. The molecule has 1 aromatic heterocycles. The van der Waals surface area contributed by atoms with E-state index in [0.717, 1.165) is 15.4 Å². The number of hydrogen-bond donors (Lipinski definition) is 0. The van der Waals surface area contributed by atoms with Gasteiger partial charge in [-0.05, 0) is 83.9 Å². The Kier molecular flexibility index (Phi) is 8.58. The molecule has 2 heterocycles. The molecule has 234 valence electrons. The quantitative estimate of drug-likeness (QED) is 0.190. The first-order chi connectivity index (χ1) is 22.3. The molecule has 1 amide bonds. The average Bonchev–Trinajstić information content (AvgIpc) is 3.56. The van der Waals surface area contributed by atoms with E-state index in [1.54, 1.807) is 69.1 Å². The van der Waals surface area contributed by atoms with Crippen molar-refractivity contribution in [2.75, 3.05) is 32.2 Å². The number of aromatic nitrogens is 1. The maximum Gasteiger partial charge on any atom is 0.265 e. The molecule has 0 bridgehead atoms. The number of pyridine rings is 1. The molecule has 0 saturated heterocycles. The van der Waals surface area contributed by atoms with Gasteiger partial charge in [0.25, 0.3) is 15.9 Å². The van der Waals surface area contributed by atoms with E-state index < -0.39 is 28.5 Å². The summed E-state index contributed by atoms with van der Waals surface area (Å²) in [6.07, 6.45) is 3.58. The van der Waals surface area contributed by atoms with Crippen LogP contribution in [0.4, 0.5) is 5.69 Å². The predicted molar refractivity (Wildman–Crippen MR) is 176 cm³/mol. The van der Waals surface area contributed by atoms with E-state index >= 15 is 0 Å². The number of hydrazone groups is 1. The normalized spacial score (nSPS) is 14.5. The van der Waals surface area contributed by atoms with Gasteiger partial charge < -0.3 is 14.2 Å². The highest BCUT2D eigenvalue weighted by Crippen LogP contribution is 2.36. The van der Waals surface area contributed by atoms with Crippen LogP contribution in [-0.2, 0) is 14.8 Å². The number of sulfonamides is 1. The number of methoxy groups -OCH3 is 3. The van der Waals surface area contributed by atoms with Crippen LogP contribution >= 0.6 is 0 Å². The topological polar surface area (TPSA) is 111 Å². The lowest BCUT2D eigenvalue weighted by atomic mass is 9.98. The number of amides is 1. The third kappa shape index (κ3) is 5.96. The molecule has 0 fully saturated rings. The molecule has 11 heteroatoms. The van der Waals surface area contributed by atoms with Crippen LogP contribution in [0.5, 0.6) is 17.2 Å². The van der Waals surface area contributed by atoms with Gasteiger partial charge in [-0.2, -0.15) is 5.10 Å². The minimum Gasteiger partial charge on any atom is -0.497 e. The number of carbonyl (C=O) groups is 1. The molecule has 1 aliphatic heterocycles. The van der Waals surface area contributed by atoms with Crippen LogP contribution in [0.3, 0.4) is 0 Å². The largest absolute Gasteiger partial charge is 0.497 e. The maximum absolute atomic E-state index is 14.5. The summed E-state index contributed by atoms with van der Waals surface area (Å²) in [5.41, 5.74) is 2.66. The Hall–Kier alpha value is -5.42. The molecule has 5 aromatic rings. The zero-order chi connectivity index (χ0) is 32.3. The number of hydrogen-bond acceptors (Lipinski definition) is 8. The number of ether oxygens (including phenoxy) is 3. The summed E-state index contributed by atoms with van der Waals surface area (Å²) in [5, 5.41) is 7.33. The van der Waals surface area contributed by atoms with Crippen LogP contribution in [0.2, 0.25) is 0 Å². The van der Waals surface area contributed by atoms with Gasteiger partial charge in [0.1, 0.15) is 23.8 Å². The fourth-order valence-electron chi connectivity index (χ4n) is 5.48. The van der Waals surface area contributed by atoms with Crippen LogP contribution in [0.1, 0.15) is 23.6 Å². The van der Waals surface area contributed by atoms with Crippen LogP contribution in [0.15, 0.2) is 119 Å². The highest BCUT2D eigenvalue weighted by atomic mass is 32.2. The molecule has 10 nitrogen and oxygen atoms in total. The van der Waals surface area contributed by atoms with Gasteiger partial charge in [-0.3, -0.25) is 14.1 Å². The van der Waals surface area contributed by atoms with Crippen molar-refractivity contribution < 1.29 is 27.4 Å². The minimum absolute atomic E-state index is 0.0616. The lowest BCUT2D eigenvalue weighted by molar-refractivity contribution is -0.131. The van der Waals surface area contributed by atoms with Crippen molar-refractivity contribution in [2.45, 2.75) is 17.4 Å². The van der Waals surface area contributed by atoms with Gasteiger partial charge in [-0.1, -0.05) is 24.3 Å². The van der Waals surface area contributed by atoms with E-state index in [0.29, 0.717) is 45.8 Å². The molecular formula is C35H32N4O6S. The van der Waals surface area contributed by atoms with Crippen molar-refractivity contribution in [3.05, 3.63) is 121 Å².